The minimum absolute atomic E-state index is 0.0488. The lowest BCUT2D eigenvalue weighted by atomic mass is 9.90. The molecule has 1 atom stereocenters. The Hall–Kier alpha value is -2.96. The van der Waals surface area contributed by atoms with Crippen LogP contribution in [0.1, 0.15) is 43.5 Å². The van der Waals surface area contributed by atoms with E-state index < -0.39 is 0 Å². The second-order valence-corrected chi connectivity index (χ2v) is 10.3. The highest BCUT2D eigenvalue weighted by atomic mass is 32.1. The van der Waals surface area contributed by atoms with Crippen LogP contribution >= 0.6 is 11.3 Å². The predicted molar refractivity (Wildman–Crippen MR) is 136 cm³/mol. The number of amides is 2. The molecule has 2 aliphatic rings. The number of nitrogens with zero attached hydrogens (tertiary/aromatic N) is 3. The van der Waals surface area contributed by atoms with Crippen molar-refractivity contribution >= 4 is 23.2 Å². The number of carbonyl (C=O) groups excluding carboxylic acids is 2. The Labute approximate surface area is 205 Å². The van der Waals surface area contributed by atoms with Gasteiger partial charge in [0.05, 0.1) is 12.6 Å². The maximum atomic E-state index is 13.3. The van der Waals surface area contributed by atoms with E-state index in [1.54, 1.807) is 0 Å². The molecule has 2 amide bonds. The van der Waals surface area contributed by atoms with E-state index in [0.717, 1.165) is 18.5 Å². The van der Waals surface area contributed by atoms with Crippen LogP contribution in [-0.4, -0.2) is 65.8 Å². The third-order valence-corrected chi connectivity index (χ3v) is 8.10. The predicted octanol–water partition coefficient (Wildman–Crippen LogP) is 4.30. The Bertz CT molecular complexity index is 1180. The summed E-state index contributed by atoms with van der Waals surface area (Å²) in [7, 11) is 0. The Balaban J connectivity index is 1.26. The molecule has 0 radical (unpaired) electrons. The molecule has 5 nitrogen and oxygen atoms in total. The molecule has 3 aromatic rings. The first-order valence-electron chi connectivity index (χ1n) is 12.0. The van der Waals surface area contributed by atoms with E-state index in [1.165, 1.54) is 21.6 Å². The number of rotatable bonds is 4. The molecule has 0 unspecified atom stereocenters. The molecule has 1 saturated heterocycles. The average molecular weight is 474 g/mol. The van der Waals surface area contributed by atoms with Gasteiger partial charge in [-0.05, 0) is 60.5 Å². The normalized spacial score (nSPS) is 18.6. The van der Waals surface area contributed by atoms with Crippen molar-refractivity contribution in [1.82, 2.24) is 14.7 Å². The smallest absolute Gasteiger partial charge is 0.253 e. The number of hydrogen-bond acceptors (Lipinski definition) is 4. The zero-order chi connectivity index (χ0) is 23.7. The first-order chi connectivity index (χ1) is 16.5. The van der Waals surface area contributed by atoms with Crippen LogP contribution in [-0.2, 0) is 11.2 Å². The maximum absolute atomic E-state index is 13.3. The quantitative estimate of drug-likeness (QED) is 0.568. The van der Waals surface area contributed by atoms with E-state index in [2.05, 4.69) is 47.5 Å². The van der Waals surface area contributed by atoms with Gasteiger partial charge in [-0.15, -0.1) is 11.3 Å². The Morgan fingerprint density at radius 3 is 2.29 bits per heavy atom. The average Bonchev–Trinajstić information content (AvgIpc) is 3.34. The Morgan fingerprint density at radius 1 is 0.853 bits per heavy atom. The Kier molecular flexibility index (Phi) is 6.53. The highest BCUT2D eigenvalue weighted by Gasteiger charge is 2.33. The molecule has 0 bridgehead atoms. The van der Waals surface area contributed by atoms with Gasteiger partial charge in [-0.2, -0.15) is 0 Å². The molecule has 0 saturated carbocycles. The van der Waals surface area contributed by atoms with Crippen LogP contribution < -0.4 is 0 Å². The largest absolute Gasteiger partial charge is 0.338 e. The van der Waals surface area contributed by atoms with Crippen LogP contribution in [0.25, 0.3) is 0 Å². The van der Waals surface area contributed by atoms with Crippen LogP contribution in [0.4, 0.5) is 0 Å². The fraction of sp³-hybridized carbons (Fsp3) is 0.357. The number of aryl methyl sites for hydroxylation is 2. The van der Waals surface area contributed by atoms with Gasteiger partial charge < -0.3 is 9.80 Å². The van der Waals surface area contributed by atoms with E-state index in [-0.39, 0.29) is 17.9 Å². The highest BCUT2D eigenvalue weighted by molar-refractivity contribution is 7.10. The summed E-state index contributed by atoms with van der Waals surface area (Å²) >= 11 is 1.82. The van der Waals surface area contributed by atoms with Gasteiger partial charge in [0.25, 0.3) is 5.91 Å². The number of piperazine rings is 1. The minimum Gasteiger partial charge on any atom is -0.338 e. The summed E-state index contributed by atoms with van der Waals surface area (Å²) in [6, 6.07) is 18.6. The van der Waals surface area contributed by atoms with Crippen LogP contribution in [0.3, 0.4) is 0 Å². The molecular formula is C28H31N3O2S. The number of fused-ring (bicyclic) bond motifs is 1. The van der Waals surface area contributed by atoms with E-state index in [1.807, 2.05) is 52.3 Å². The summed E-state index contributed by atoms with van der Waals surface area (Å²) in [5.74, 6) is 0.201. The van der Waals surface area contributed by atoms with Crippen molar-refractivity contribution in [2.45, 2.75) is 26.3 Å². The fourth-order valence-electron chi connectivity index (χ4n) is 5.11. The summed E-state index contributed by atoms with van der Waals surface area (Å²) in [5.41, 5.74) is 5.73. The minimum atomic E-state index is 0.0488. The van der Waals surface area contributed by atoms with Gasteiger partial charge in [0.2, 0.25) is 5.91 Å². The van der Waals surface area contributed by atoms with Crippen molar-refractivity contribution in [2.75, 3.05) is 39.3 Å². The summed E-state index contributed by atoms with van der Waals surface area (Å²) < 4.78 is 0. The van der Waals surface area contributed by atoms with Crippen molar-refractivity contribution in [3.8, 4) is 0 Å². The molecule has 1 aromatic heterocycles. The van der Waals surface area contributed by atoms with E-state index in [0.29, 0.717) is 38.3 Å². The molecule has 3 heterocycles. The number of thiophene rings is 1. The van der Waals surface area contributed by atoms with Crippen molar-refractivity contribution in [3.63, 3.8) is 0 Å². The summed E-state index contributed by atoms with van der Waals surface area (Å²) in [6.45, 7) is 7.78. The molecule has 0 spiro atoms. The zero-order valence-electron chi connectivity index (χ0n) is 19.9. The molecule has 2 aliphatic heterocycles. The monoisotopic (exact) mass is 473 g/mol. The first-order valence-corrected chi connectivity index (χ1v) is 12.9. The summed E-state index contributed by atoms with van der Waals surface area (Å²) in [6.07, 6.45) is 0.988. The SMILES string of the molecule is Cc1ccc(C(=O)N2CCN(C(=O)CN3CCc4sccc4[C@@H]3c3ccccc3C)CC2)cc1. The topological polar surface area (TPSA) is 43.9 Å². The molecule has 176 valence electrons. The van der Waals surface area contributed by atoms with Gasteiger partial charge in [0.1, 0.15) is 0 Å². The Morgan fingerprint density at radius 2 is 1.56 bits per heavy atom. The van der Waals surface area contributed by atoms with Gasteiger partial charge in [0.15, 0.2) is 0 Å². The maximum Gasteiger partial charge on any atom is 0.253 e. The van der Waals surface area contributed by atoms with Crippen molar-refractivity contribution < 1.29 is 9.59 Å². The van der Waals surface area contributed by atoms with Crippen molar-refractivity contribution in [1.29, 1.82) is 0 Å². The van der Waals surface area contributed by atoms with Crippen LogP contribution in [0.5, 0.6) is 0 Å². The lowest BCUT2D eigenvalue weighted by Gasteiger charge is -2.39. The molecule has 1 fully saturated rings. The molecule has 0 aliphatic carbocycles. The molecule has 34 heavy (non-hydrogen) atoms. The second kappa shape index (κ2) is 9.72. The zero-order valence-corrected chi connectivity index (χ0v) is 20.7. The summed E-state index contributed by atoms with van der Waals surface area (Å²) in [4.78, 5) is 33.7. The van der Waals surface area contributed by atoms with Crippen LogP contribution in [0.2, 0.25) is 0 Å². The number of carbonyl (C=O) groups is 2. The lowest BCUT2D eigenvalue weighted by molar-refractivity contribution is -0.134. The number of benzene rings is 2. The number of hydrogen-bond donors (Lipinski definition) is 0. The molecule has 5 rings (SSSR count). The highest BCUT2D eigenvalue weighted by Crippen LogP contribution is 2.38. The summed E-state index contributed by atoms with van der Waals surface area (Å²) in [5, 5.41) is 2.17. The molecule has 0 N–H and O–H groups in total. The standard InChI is InChI=1S/C28H31N3O2S/c1-20-7-9-22(10-8-20)28(33)30-16-14-29(15-17-30)26(32)19-31-13-11-25-24(12-18-34-25)27(31)23-6-4-3-5-21(23)2/h3-10,12,18,27H,11,13-17,19H2,1-2H3/t27-/m0/s1. The van der Waals surface area contributed by atoms with Gasteiger partial charge >= 0.3 is 0 Å². The van der Waals surface area contributed by atoms with Crippen molar-refractivity contribution in [3.05, 3.63) is 92.7 Å². The van der Waals surface area contributed by atoms with E-state index in [4.69, 9.17) is 0 Å². The third-order valence-electron chi connectivity index (χ3n) is 7.11. The van der Waals surface area contributed by atoms with Gasteiger partial charge in [-0.25, -0.2) is 0 Å². The molecule has 6 heteroatoms. The van der Waals surface area contributed by atoms with Gasteiger partial charge in [0, 0.05) is 43.2 Å². The second-order valence-electron chi connectivity index (χ2n) is 9.32. The van der Waals surface area contributed by atoms with E-state index >= 15 is 0 Å². The molecular weight excluding hydrogens is 442 g/mol. The van der Waals surface area contributed by atoms with Crippen LogP contribution in [0.15, 0.2) is 60.0 Å². The third kappa shape index (κ3) is 4.52. The molecule has 2 aromatic carbocycles. The fourth-order valence-corrected chi connectivity index (χ4v) is 6.01. The first kappa shape index (κ1) is 22.8. The van der Waals surface area contributed by atoms with Gasteiger partial charge in [-0.3, -0.25) is 14.5 Å². The lowest BCUT2D eigenvalue weighted by Crippen LogP contribution is -2.53. The van der Waals surface area contributed by atoms with E-state index in [9.17, 15) is 9.59 Å². The van der Waals surface area contributed by atoms with Crippen molar-refractivity contribution in [2.24, 2.45) is 0 Å². The van der Waals surface area contributed by atoms with Gasteiger partial charge in [-0.1, -0.05) is 42.0 Å². The van der Waals surface area contributed by atoms with Crippen LogP contribution in [0, 0.1) is 13.8 Å².